The van der Waals surface area contributed by atoms with Crippen LogP contribution < -0.4 is 5.46 Å². The van der Waals surface area contributed by atoms with Gasteiger partial charge in [-0.2, -0.15) is 0 Å². The highest BCUT2D eigenvalue weighted by molar-refractivity contribution is 6.53. The molecule has 0 saturated heterocycles. The quantitative estimate of drug-likeness (QED) is 0.572. The number of aliphatic hydroxyl groups is 1. The molecule has 0 aliphatic rings. The number of furan rings is 1. The fourth-order valence-corrected chi connectivity index (χ4v) is 3.08. The van der Waals surface area contributed by atoms with Gasteiger partial charge in [-0.3, -0.25) is 4.98 Å². The first-order valence-corrected chi connectivity index (χ1v) is 8.81. The number of pyridine rings is 1. The number of fused-ring (bicyclic) bond motifs is 5. The Morgan fingerprint density at radius 3 is 2.62 bits per heavy atom. The second-order valence-electron chi connectivity index (χ2n) is 7.79. The van der Waals surface area contributed by atoms with Gasteiger partial charge >= 0.3 is 7.48 Å². The van der Waals surface area contributed by atoms with E-state index in [0.717, 1.165) is 38.2 Å². The summed E-state index contributed by atoms with van der Waals surface area (Å²) in [5, 5.41) is 14.6. The third-order valence-corrected chi connectivity index (χ3v) is 5.43. The zero-order chi connectivity index (χ0) is 18.5. The van der Waals surface area contributed by atoms with Crippen LogP contribution in [0.5, 0.6) is 0 Å². The first-order chi connectivity index (χ1) is 12.3. The van der Waals surface area contributed by atoms with Crippen LogP contribution in [0.2, 0.25) is 0 Å². The highest BCUT2D eigenvalue weighted by Crippen LogP contribution is 2.33. The lowest BCUT2D eigenvalue weighted by Gasteiger charge is -2.37. The minimum absolute atomic E-state index is 0.392. The summed E-state index contributed by atoms with van der Waals surface area (Å²) in [4.78, 5) is 4.22. The maximum Gasteiger partial charge on any atom is 0.310 e. The van der Waals surface area contributed by atoms with Crippen molar-refractivity contribution in [2.24, 2.45) is 0 Å². The van der Waals surface area contributed by atoms with Crippen molar-refractivity contribution in [3.63, 3.8) is 0 Å². The minimum atomic E-state index is -0.946. The molecule has 0 unspecified atom stereocenters. The van der Waals surface area contributed by atoms with E-state index in [2.05, 4.69) is 23.2 Å². The lowest BCUT2D eigenvalue weighted by molar-refractivity contribution is -0.0893. The van der Waals surface area contributed by atoms with E-state index in [9.17, 15) is 5.11 Å². The molecule has 4 aromatic rings. The van der Waals surface area contributed by atoms with Gasteiger partial charge in [-0.1, -0.05) is 24.3 Å². The van der Waals surface area contributed by atoms with Gasteiger partial charge in [0, 0.05) is 28.6 Å². The summed E-state index contributed by atoms with van der Waals surface area (Å²) in [6.45, 7) is 7.34. The molecule has 4 nitrogen and oxygen atoms in total. The predicted molar refractivity (Wildman–Crippen MR) is 107 cm³/mol. The van der Waals surface area contributed by atoms with Crippen molar-refractivity contribution in [1.29, 1.82) is 0 Å². The molecule has 0 aliphatic heterocycles. The number of aromatic nitrogens is 1. The number of rotatable bonds is 4. The molecule has 2 aromatic heterocycles. The Kier molecular flexibility index (Phi) is 3.83. The van der Waals surface area contributed by atoms with Gasteiger partial charge in [-0.05, 0) is 50.7 Å². The average Bonchev–Trinajstić information content (AvgIpc) is 2.97. The highest BCUT2D eigenvalue weighted by Gasteiger charge is 2.35. The van der Waals surface area contributed by atoms with Crippen molar-refractivity contribution in [2.75, 3.05) is 0 Å². The maximum absolute atomic E-state index is 10.4. The highest BCUT2D eigenvalue weighted by atomic mass is 16.5. The molecule has 0 amide bonds. The van der Waals surface area contributed by atoms with Crippen LogP contribution in [0, 0.1) is 0 Å². The molecule has 26 heavy (non-hydrogen) atoms. The number of nitrogens with zero attached hydrogens (tertiary/aromatic N) is 1. The average molecular weight is 347 g/mol. The summed E-state index contributed by atoms with van der Waals surface area (Å²) >= 11 is 0. The lowest BCUT2D eigenvalue weighted by Crippen LogP contribution is -2.49. The lowest BCUT2D eigenvalue weighted by atomic mass is 9.80. The van der Waals surface area contributed by atoms with E-state index in [1.807, 2.05) is 38.2 Å². The summed E-state index contributed by atoms with van der Waals surface area (Å²) in [5.74, 6) is 0. The Morgan fingerprint density at radius 1 is 1.04 bits per heavy atom. The smallest absolute Gasteiger partial charge is 0.310 e. The van der Waals surface area contributed by atoms with E-state index in [-0.39, 0.29) is 0 Å². The number of hydrogen-bond acceptors (Lipinski definition) is 4. The molecule has 0 radical (unpaired) electrons. The van der Waals surface area contributed by atoms with Crippen molar-refractivity contribution < 1.29 is 14.2 Å². The van der Waals surface area contributed by atoms with Crippen molar-refractivity contribution in [3.8, 4) is 0 Å². The topological polar surface area (TPSA) is 55.5 Å². The van der Waals surface area contributed by atoms with Gasteiger partial charge in [0.05, 0.1) is 11.2 Å². The minimum Gasteiger partial charge on any atom is -0.455 e. The molecule has 132 valence electrons. The fourth-order valence-electron chi connectivity index (χ4n) is 3.08. The van der Waals surface area contributed by atoms with Crippen LogP contribution >= 0.6 is 0 Å². The molecule has 0 spiro atoms. The summed E-state index contributed by atoms with van der Waals surface area (Å²) in [7, 11) is 0.392. The van der Waals surface area contributed by atoms with Crippen molar-refractivity contribution in [3.05, 3.63) is 48.8 Å². The van der Waals surface area contributed by atoms with Gasteiger partial charge in [0.25, 0.3) is 0 Å². The van der Waals surface area contributed by atoms with E-state index in [1.54, 1.807) is 20.0 Å². The van der Waals surface area contributed by atoms with Gasteiger partial charge in [0.2, 0.25) is 0 Å². The van der Waals surface area contributed by atoms with E-state index < -0.39 is 11.2 Å². The molecule has 0 saturated carbocycles. The second kappa shape index (κ2) is 5.83. The van der Waals surface area contributed by atoms with Gasteiger partial charge in [-0.25, -0.2) is 0 Å². The summed E-state index contributed by atoms with van der Waals surface area (Å²) in [6, 6.07) is 12.2. The fraction of sp³-hybridized carbons (Fsp3) is 0.286. The largest absolute Gasteiger partial charge is 0.455 e. The first kappa shape index (κ1) is 17.1. The predicted octanol–water partition coefficient (Wildman–Crippen LogP) is 3.68. The first-order valence-electron chi connectivity index (χ1n) is 8.81. The van der Waals surface area contributed by atoms with Crippen LogP contribution in [0.15, 0.2) is 53.2 Å². The Balaban J connectivity index is 1.87. The van der Waals surface area contributed by atoms with Crippen LogP contribution in [0.4, 0.5) is 0 Å². The molecular weight excluding hydrogens is 325 g/mol. The molecule has 0 fully saturated rings. The summed E-state index contributed by atoms with van der Waals surface area (Å²) in [6.07, 6.45) is 3.58. The molecule has 0 bridgehead atoms. The van der Waals surface area contributed by atoms with Gasteiger partial charge < -0.3 is 14.2 Å². The van der Waals surface area contributed by atoms with Crippen LogP contribution in [0.1, 0.15) is 27.7 Å². The third kappa shape index (κ3) is 2.68. The normalized spacial score (nSPS) is 13.0. The van der Waals surface area contributed by atoms with Crippen LogP contribution in [-0.2, 0) is 4.65 Å². The standard InChI is InChI=1S/C21H22BNO3/c1-20(2,24)21(3,4)26-22-16-7-5-6-13-8-9-14-15-12-23-11-10-17(15)25-19(14)18(13)16/h5-12,22,24H,1-4H3. The molecule has 5 heteroatoms. The number of hydrogen-bond donors (Lipinski definition) is 1. The van der Waals surface area contributed by atoms with Crippen LogP contribution in [-0.4, -0.2) is 28.8 Å². The molecular formula is C21H22BNO3. The Hall–Kier alpha value is -2.37. The number of benzene rings is 2. The second-order valence-corrected chi connectivity index (χ2v) is 7.79. The molecule has 2 aromatic carbocycles. The molecule has 2 heterocycles. The monoisotopic (exact) mass is 347 g/mol. The molecule has 4 rings (SSSR count). The van der Waals surface area contributed by atoms with Crippen molar-refractivity contribution in [2.45, 2.75) is 38.9 Å². The van der Waals surface area contributed by atoms with Crippen LogP contribution in [0.3, 0.4) is 0 Å². The van der Waals surface area contributed by atoms with Gasteiger partial charge in [0.15, 0.2) is 0 Å². The van der Waals surface area contributed by atoms with E-state index in [4.69, 9.17) is 9.07 Å². The zero-order valence-electron chi connectivity index (χ0n) is 15.5. The molecule has 0 atom stereocenters. The van der Waals surface area contributed by atoms with Crippen LogP contribution in [0.25, 0.3) is 32.7 Å². The van der Waals surface area contributed by atoms with Gasteiger partial charge in [0.1, 0.15) is 11.2 Å². The summed E-state index contributed by atoms with van der Waals surface area (Å²) in [5.41, 5.74) is 1.09. The van der Waals surface area contributed by atoms with Crippen molar-refractivity contribution >= 4 is 45.7 Å². The van der Waals surface area contributed by atoms with Gasteiger partial charge in [-0.15, -0.1) is 0 Å². The Labute approximate surface area is 153 Å². The third-order valence-electron chi connectivity index (χ3n) is 5.43. The zero-order valence-corrected chi connectivity index (χ0v) is 15.5. The van der Waals surface area contributed by atoms with E-state index in [0.29, 0.717) is 7.48 Å². The SMILES string of the molecule is CC(C)(O)C(C)(C)OBc1cccc2ccc3c4cnccc4oc3c12. The van der Waals surface area contributed by atoms with E-state index >= 15 is 0 Å². The maximum atomic E-state index is 10.4. The summed E-state index contributed by atoms with van der Waals surface area (Å²) < 4.78 is 12.3. The van der Waals surface area contributed by atoms with Crippen molar-refractivity contribution in [1.82, 2.24) is 4.98 Å². The Bertz CT molecular complexity index is 1110. The van der Waals surface area contributed by atoms with E-state index in [1.165, 1.54) is 0 Å². The molecule has 0 aliphatic carbocycles. The Morgan fingerprint density at radius 2 is 1.85 bits per heavy atom. The molecule has 1 N–H and O–H groups in total.